The number of Topliss-reactive ketones (excluding diaryl/α,β-unsaturated/α-hetero) is 1. The molecule has 0 aliphatic rings. The fourth-order valence-electron chi connectivity index (χ4n) is 2.93. The van der Waals surface area contributed by atoms with Crippen LogP contribution in [-0.2, 0) is 12.8 Å². The zero-order valence-corrected chi connectivity index (χ0v) is 15.1. The van der Waals surface area contributed by atoms with Crippen molar-refractivity contribution >= 4 is 5.78 Å². The normalized spacial score (nSPS) is 12.1. The predicted molar refractivity (Wildman–Crippen MR) is 100 cm³/mol. The minimum Gasteiger partial charge on any atom is -0.418 e. The predicted octanol–water partition coefficient (Wildman–Crippen LogP) is 3.37. The summed E-state index contributed by atoms with van der Waals surface area (Å²) in [6.07, 6.45) is 2.01. The first-order valence-corrected chi connectivity index (χ1v) is 8.79. The van der Waals surface area contributed by atoms with Gasteiger partial charge in [-0.1, -0.05) is 60.2 Å². The summed E-state index contributed by atoms with van der Waals surface area (Å²) in [7, 11) is 1.78. The highest BCUT2D eigenvalue weighted by Crippen LogP contribution is 2.13. The number of nitrogens with zero attached hydrogens (tertiary/aromatic N) is 2. The van der Waals surface area contributed by atoms with Crippen LogP contribution in [0.4, 0.5) is 0 Å². The van der Waals surface area contributed by atoms with E-state index in [0.717, 1.165) is 12.0 Å². The quantitative estimate of drug-likeness (QED) is 0.632. The van der Waals surface area contributed by atoms with Crippen molar-refractivity contribution in [3.05, 3.63) is 83.1 Å². The van der Waals surface area contributed by atoms with Gasteiger partial charge in [0.2, 0.25) is 11.7 Å². The van der Waals surface area contributed by atoms with Crippen molar-refractivity contribution in [2.75, 3.05) is 7.05 Å². The van der Waals surface area contributed by atoms with Crippen LogP contribution in [0.25, 0.3) is 0 Å². The van der Waals surface area contributed by atoms with E-state index in [0.29, 0.717) is 18.7 Å². The van der Waals surface area contributed by atoms with E-state index in [9.17, 15) is 4.79 Å². The van der Waals surface area contributed by atoms with E-state index in [1.165, 1.54) is 11.1 Å². The Labute approximate surface area is 153 Å². The van der Waals surface area contributed by atoms with Gasteiger partial charge in [0.25, 0.3) is 5.89 Å². The smallest absolute Gasteiger partial charge is 0.285 e. The molecule has 0 aliphatic carbocycles. The van der Waals surface area contributed by atoms with Crippen molar-refractivity contribution in [1.82, 2.24) is 15.5 Å². The van der Waals surface area contributed by atoms with Gasteiger partial charge in [-0.05, 0) is 37.9 Å². The number of carbonyl (C=O) groups excluding carboxylic acids is 1. The number of aryl methyl sites for hydroxylation is 2. The fraction of sp³-hybridized carbons (Fsp3) is 0.286. The van der Waals surface area contributed by atoms with Crippen LogP contribution >= 0.6 is 0 Å². The molecular weight excluding hydrogens is 326 g/mol. The molecule has 1 N–H and O–H groups in total. The molecule has 0 radical (unpaired) electrons. The average molecular weight is 349 g/mol. The molecule has 1 atom stereocenters. The lowest BCUT2D eigenvalue weighted by Crippen LogP contribution is -2.34. The number of nitrogens with one attached hydrogen (secondary N) is 1. The molecule has 0 saturated heterocycles. The Balaban J connectivity index is 1.64. The SMILES string of the molecule is CNC(CCc1ccccc1)C(=O)c1nnc(Cc2cccc(C)c2)o1. The zero-order chi connectivity index (χ0) is 18.4. The molecule has 0 saturated carbocycles. The molecule has 3 rings (SSSR count). The highest BCUT2D eigenvalue weighted by Gasteiger charge is 2.23. The van der Waals surface area contributed by atoms with Crippen molar-refractivity contribution in [2.24, 2.45) is 0 Å². The van der Waals surface area contributed by atoms with Crippen LogP contribution in [0, 0.1) is 6.92 Å². The van der Waals surface area contributed by atoms with Gasteiger partial charge < -0.3 is 9.73 Å². The van der Waals surface area contributed by atoms with Gasteiger partial charge in [-0.25, -0.2) is 0 Å². The number of likely N-dealkylation sites (N-methyl/N-ethyl adjacent to an activating group) is 1. The van der Waals surface area contributed by atoms with Gasteiger partial charge in [0.15, 0.2) is 0 Å². The molecule has 0 amide bonds. The van der Waals surface area contributed by atoms with E-state index in [-0.39, 0.29) is 17.7 Å². The Morgan fingerprint density at radius 3 is 2.58 bits per heavy atom. The Kier molecular flexibility index (Phi) is 5.92. The Morgan fingerprint density at radius 2 is 1.85 bits per heavy atom. The maximum Gasteiger partial charge on any atom is 0.285 e. The standard InChI is InChI=1S/C21H23N3O2/c1-15-7-6-10-17(13-15)14-19-23-24-21(26-19)20(25)18(22-2)12-11-16-8-4-3-5-9-16/h3-10,13,18,22H,11-12,14H2,1-2H3. The molecule has 5 nitrogen and oxygen atoms in total. The maximum atomic E-state index is 12.7. The van der Waals surface area contributed by atoms with Crippen molar-refractivity contribution in [3.8, 4) is 0 Å². The molecule has 26 heavy (non-hydrogen) atoms. The number of ketones is 1. The summed E-state index contributed by atoms with van der Waals surface area (Å²) >= 11 is 0. The van der Waals surface area contributed by atoms with Crippen LogP contribution in [0.1, 0.15) is 39.7 Å². The minimum atomic E-state index is -0.345. The molecule has 1 heterocycles. The molecule has 5 heteroatoms. The largest absolute Gasteiger partial charge is 0.418 e. The summed E-state index contributed by atoms with van der Waals surface area (Å²) < 4.78 is 5.61. The van der Waals surface area contributed by atoms with Crippen LogP contribution in [0.15, 0.2) is 59.0 Å². The van der Waals surface area contributed by atoms with E-state index in [1.54, 1.807) is 7.05 Å². The van der Waals surface area contributed by atoms with E-state index in [2.05, 4.69) is 33.7 Å². The summed E-state index contributed by atoms with van der Waals surface area (Å²) in [6.45, 7) is 2.04. The van der Waals surface area contributed by atoms with Crippen molar-refractivity contribution < 1.29 is 9.21 Å². The molecule has 0 fully saturated rings. The number of carbonyl (C=O) groups is 1. The van der Waals surface area contributed by atoms with Crippen LogP contribution in [0.5, 0.6) is 0 Å². The van der Waals surface area contributed by atoms with Gasteiger partial charge in [-0.2, -0.15) is 0 Å². The van der Waals surface area contributed by atoms with Crippen LogP contribution in [0.3, 0.4) is 0 Å². The summed E-state index contributed by atoms with van der Waals surface area (Å²) in [5.74, 6) is 0.364. The first kappa shape index (κ1) is 18.0. The number of aromatic nitrogens is 2. The van der Waals surface area contributed by atoms with Crippen molar-refractivity contribution in [3.63, 3.8) is 0 Å². The molecule has 0 aliphatic heterocycles. The Morgan fingerprint density at radius 1 is 1.08 bits per heavy atom. The van der Waals surface area contributed by atoms with E-state index in [4.69, 9.17) is 4.42 Å². The third-order valence-corrected chi connectivity index (χ3v) is 4.34. The lowest BCUT2D eigenvalue weighted by molar-refractivity contribution is 0.0906. The number of hydrogen-bond donors (Lipinski definition) is 1. The van der Waals surface area contributed by atoms with Crippen LogP contribution in [0.2, 0.25) is 0 Å². The molecule has 0 bridgehead atoms. The molecule has 3 aromatic rings. The fourth-order valence-corrected chi connectivity index (χ4v) is 2.93. The summed E-state index contributed by atoms with van der Waals surface area (Å²) in [5, 5.41) is 11.0. The lowest BCUT2D eigenvalue weighted by atomic mass is 10.0. The van der Waals surface area contributed by atoms with Gasteiger partial charge in [-0.15, -0.1) is 10.2 Å². The van der Waals surface area contributed by atoms with Gasteiger partial charge in [0.1, 0.15) is 0 Å². The highest BCUT2D eigenvalue weighted by atomic mass is 16.4. The minimum absolute atomic E-state index is 0.0695. The second kappa shape index (κ2) is 8.54. The molecule has 1 unspecified atom stereocenters. The molecular formula is C21H23N3O2. The van der Waals surface area contributed by atoms with Gasteiger partial charge >= 0.3 is 0 Å². The zero-order valence-electron chi connectivity index (χ0n) is 15.1. The van der Waals surface area contributed by atoms with Gasteiger partial charge in [-0.3, -0.25) is 4.79 Å². The van der Waals surface area contributed by atoms with Crippen molar-refractivity contribution in [2.45, 2.75) is 32.2 Å². The van der Waals surface area contributed by atoms with E-state index >= 15 is 0 Å². The Hall–Kier alpha value is -2.79. The summed E-state index contributed by atoms with van der Waals surface area (Å²) in [6, 6.07) is 17.9. The first-order chi connectivity index (χ1) is 12.7. The third-order valence-electron chi connectivity index (χ3n) is 4.34. The summed E-state index contributed by atoms with van der Waals surface area (Å²) in [4.78, 5) is 12.7. The van der Waals surface area contributed by atoms with Crippen LogP contribution in [-0.4, -0.2) is 29.1 Å². The average Bonchev–Trinajstić information content (AvgIpc) is 3.11. The monoisotopic (exact) mass is 349 g/mol. The molecule has 2 aromatic carbocycles. The number of rotatable bonds is 8. The second-order valence-electron chi connectivity index (χ2n) is 6.40. The Bertz CT molecular complexity index is 858. The second-order valence-corrected chi connectivity index (χ2v) is 6.40. The lowest BCUT2D eigenvalue weighted by Gasteiger charge is -2.12. The van der Waals surface area contributed by atoms with E-state index in [1.807, 2.05) is 43.3 Å². The summed E-state index contributed by atoms with van der Waals surface area (Å²) in [5.41, 5.74) is 3.46. The highest BCUT2D eigenvalue weighted by molar-refractivity contribution is 5.96. The molecule has 134 valence electrons. The maximum absolute atomic E-state index is 12.7. The first-order valence-electron chi connectivity index (χ1n) is 8.79. The van der Waals surface area contributed by atoms with Gasteiger partial charge in [0, 0.05) is 0 Å². The number of hydrogen-bond acceptors (Lipinski definition) is 5. The third kappa shape index (κ3) is 4.64. The van der Waals surface area contributed by atoms with Crippen LogP contribution < -0.4 is 5.32 Å². The van der Waals surface area contributed by atoms with E-state index < -0.39 is 0 Å². The molecule has 0 spiro atoms. The topological polar surface area (TPSA) is 68.0 Å². The molecule has 1 aromatic heterocycles. The van der Waals surface area contributed by atoms with Gasteiger partial charge in [0.05, 0.1) is 12.5 Å². The van der Waals surface area contributed by atoms with Crippen molar-refractivity contribution in [1.29, 1.82) is 0 Å². The number of benzene rings is 2.